The second kappa shape index (κ2) is 5.00. The normalized spacial score (nSPS) is 12.8. The number of alkyl halides is 6. The Hall–Kier alpha value is -2.51. The fourth-order valence-corrected chi connectivity index (χ4v) is 2.25. The zero-order chi connectivity index (χ0) is 16.8. The van der Waals surface area contributed by atoms with Crippen molar-refractivity contribution < 1.29 is 26.3 Å². The Morgan fingerprint density at radius 3 is 2.04 bits per heavy atom. The molecule has 2 aromatic heterocycles. The molecule has 0 aliphatic carbocycles. The average molecular weight is 330 g/mol. The number of hydrogen-bond donors (Lipinski definition) is 0. The second-order valence-corrected chi connectivity index (χ2v) is 4.87. The molecule has 0 amide bonds. The number of pyridine rings is 1. The van der Waals surface area contributed by atoms with Crippen LogP contribution in [0.25, 0.3) is 16.8 Å². The van der Waals surface area contributed by atoms with E-state index in [9.17, 15) is 26.3 Å². The van der Waals surface area contributed by atoms with Crippen LogP contribution in [-0.4, -0.2) is 9.38 Å². The average Bonchev–Trinajstić information content (AvgIpc) is 2.92. The number of fused-ring (bicyclic) bond motifs is 1. The van der Waals surface area contributed by atoms with E-state index in [1.807, 2.05) is 0 Å². The highest BCUT2D eigenvalue weighted by Gasteiger charge is 2.34. The van der Waals surface area contributed by atoms with Gasteiger partial charge in [-0.15, -0.1) is 0 Å². The number of aromatic nitrogens is 2. The molecule has 120 valence electrons. The molecule has 0 unspecified atom stereocenters. The van der Waals surface area contributed by atoms with Crippen molar-refractivity contribution in [2.24, 2.45) is 0 Å². The Kier molecular flexibility index (Phi) is 3.35. The van der Waals surface area contributed by atoms with Gasteiger partial charge < -0.3 is 4.40 Å². The Bertz CT molecular complexity index is 843. The zero-order valence-corrected chi connectivity index (χ0v) is 11.3. The number of nitrogens with zero attached hydrogens (tertiary/aromatic N) is 2. The van der Waals surface area contributed by atoms with Crippen molar-refractivity contribution >= 4 is 5.65 Å². The smallest absolute Gasteiger partial charge is 0.306 e. The molecule has 0 radical (unpaired) electrons. The minimum Gasteiger partial charge on any atom is -0.306 e. The molecule has 0 atom stereocenters. The molecule has 0 N–H and O–H groups in total. The largest absolute Gasteiger partial charge is 0.420 e. The molecule has 1 aromatic carbocycles. The van der Waals surface area contributed by atoms with Gasteiger partial charge in [0.05, 0.1) is 11.1 Å². The van der Waals surface area contributed by atoms with Gasteiger partial charge >= 0.3 is 12.4 Å². The maximum Gasteiger partial charge on any atom is 0.420 e. The number of imidazole rings is 1. The van der Waals surface area contributed by atoms with Gasteiger partial charge in [0.2, 0.25) is 0 Å². The zero-order valence-electron chi connectivity index (χ0n) is 11.3. The monoisotopic (exact) mass is 330 g/mol. The standard InChI is InChI=1S/C15H8F6N2/c16-14(17,18)11-3-1-9(2-4-11)10-7-12(15(19,20)21)13-22-5-6-23(13)8-10/h1-8H. The molecule has 0 bridgehead atoms. The summed E-state index contributed by atoms with van der Waals surface area (Å²) in [4.78, 5) is 3.66. The maximum absolute atomic E-state index is 13.1. The van der Waals surface area contributed by atoms with E-state index in [4.69, 9.17) is 0 Å². The van der Waals surface area contributed by atoms with Crippen molar-refractivity contribution in [3.63, 3.8) is 0 Å². The Morgan fingerprint density at radius 1 is 0.826 bits per heavy atom. The van der Waals surface area contributed by atoms with E-state index in [-0.39, 0.29) is 16.8 Å². The van der Waals surface area contributed by atoms with Crippen LogP contribution < -0.4 is 0 Å². The highest BCUT2D eigenvalue weighted by molar-refractivity contribution is 5.68. The molecule has 0 fully saturated rings. The predicted molar refractivity (Wildman–Crippen MR) is 70.6 cm³/mol. The lowest BCUT2D eigenvalue weighted by atomic mass is 10.0. The summed E-state index contributed by atoms with van der Waals surface area (Å²) in [5.74, 6) is 0. The number of rotatable bonds is 1. The molecule has 3 aromatic rings. The molecule has 0 saturated heterocycles. The minimum absolute atomic E-state index is 0.150. The first-order valence-electron chi connectivity index (χ1n) is 6.38. The van der Waals surface area contributed by atoms with Crippen molar-refractivity contribution in [3.8, 4) is 11.1 Å². The summed E-state index contributed by atoms with van der Waals surface area (Å²) in [6.45, 7) is 0. The Balaban J connectivity index is 2.13. The summed E-state index contributed by atoms with van der Waals surface area (Å²) >= 11 is 0. The van der Waals surface area contributed by atoms with Gasteiger partial charge in [-0.2, -0.15) is 26.3 Å². The molecular weight excluding hydrogens is 322 g/mol. The molecule has 8 heteroatoms. The van der Waals surface area contributed by atoms with Crippen LogP contribution in [0.2, 0.25) is 0 Å². The third-order valence-corrected chi connectivity index (χ3v) is 3.34. The van der Waals surface area contributed by atoms with Crippen LogP contribution >= 0.6 is 0 Å². The summed E-state index contributed by atoms with van der Waals surface area (Å²) in [5, 5.41) is 0. The third kappa shape index (κ3) is 2.88. The molecule has 2 nitrogen and oxygen atoms in total. The summed E-state index contributed by atoms with van der Waals surface area (Å²) in [7, 11) is 0. The van der Waals surface area contributed by atoms with Crippen molar-refractivity contribution in [1.82, 2.24) is 9.38 Å². The van der Waals surface area contributed by atoms with Crippen molar-refractivity contribution in [1.29, 1.82) is 0 Å². The lowest BCUT2D eigenvalue weighted by Gasteiger charge is -2.12. The topological polar surface area (TPSA) is 17.3 Å². The predicted octanol–water partition coefficient (Wildman–Crippen LogP) is 5.04. The lowest BCUT2D eigenvalue weighted by Crippen LogP contribution is -2.08. The van der Waals surface area contributed by atoms with Crippen LogP contribution in [0.1, 0.15) is 11.1 Å². The van der Waals surface area contributed by atoms with Crippen LogP contribution in [0.5, 0.6) is 0 Å². The third-order valence-electron chi connectivity index (χ3n) is 3.34. The summed E-state index contributed by atoms with van der Waals surface area (Å²) in [6, 6.07) is 4.83. The molecule has 0 aliphatic heterocycles. The fourth-order valence-electron chi connectivity index (χ4n) is 2.25. The first-order chi connectivity index (χ1) is 10.7. The van der Waals surface area contributed by atoms with E-state index >= 15 is 0 Å². The van der Waals surface area contributed by atoms with E-state index in [2.05, 4.69) is 4.98 Å². The molecule has 0 saturated carbocycles. The van der Waals surface area contributed by atoms with Crippen LogP contribution in [-0.2, 0) is 12.4 Å². The highest BCUT2D eigenvalue weighted by atomic mass is 19.4. The van der Waals surface area contributed by atoms with Gasteiger partial charge in [0.15, 0.2) is 0 Å². The SMILES string of the molecule is FC(F)(F)c1ccc(-c2cc(C(F)(F)F)c3nccn3c2)cc1. The van der Waals surface area contributed by atoms with Crippen molar-refractivity contribution in [2.45, 2.75) is 12.4 Å². The van der Waals surface area contributed by atoms with Crippen LogP contribution in [0.3, 0.4) is 0 Å². The Morgan fingerprint density at radius 2 is 1.48 bits per heavy atom. The second-order valence-electron chi connectivity index (χ2n) is 4.87. The van der Waals surface area contributed by atoms with E-state index in [0.29, 0.717) is 0 Å². The van der Waals surface area contributed by atoms with Gasteiger partial charge in [0.1, 0.15) is 5.65 Å². The fraction of sp³-hybridized carbons (Fsp3) is 0.133. The quantitative estimate of drug-likeness (QED) is 0.572. The summed E-state index contributed by atoms with van der Waals surface area (Å²) < 4.78 is 78.2. The lowest BCUT2D eigenvalue weighted by molar-refractivity contribution is -0.138. The van der Waals surface area contributed by atoms with Crippen molar-refractivity contribution in [3.05, 3.63) is 60.0 Å². The van der Waals surface area contributed by atoms with Gasteiger partial charge in [0, 0.05) is 18.6 Å². The number of hydrogen-bond acceptors (Lipinski definition) is 1. The number of halogens is 6. The van der Waals surface area contributed by atoms with E-state index in [1.54, 1.807) is 0 Å². The van der Waals surface area contributed by atoms with E-state index < -0.39 is 23.5 Å². The van der Waals surface area contributed by atoms with Gasteiger partial charge in [-0.05, 0) is 29.3 Å². The summed E-state index contributed by atoms with van der Waals surface area (Å²) in [5.41, 5.74) is -1.66. The first kappa shape index (κ1) is 15.4. The molecule has 2 heterocycles. The van der Waals surface area contributed by atoms with E-state index in [1.165, 1.54) is 23.0 Å². The van der Waals surface area contributed by atoms with Gasteiger partial charge in [-0.25, -0.2) is 4.98 Å². The molecule has 0 spiro atoms. The van der Waals surface area contributed by atoms with E-state index in [0.717, 1.165) is 30.3 Å². The van der Waals surface area contributed by atoms with Gasteiger partial charge in [-0.3, -0.25) is 0 Å². The number of benzene rings is 1. The van der Waals surface area contributed by atoms with Gasteiger partial charge in [-0.1, -0.05) is 12.1 Å². The van der Waals surface area contributed by atoms with Crippen LogP contribution in [0.4, 0.5) is 26.3 Å². The maximum atomic E-state index is 13.1. The minimum atomic E-state index is -4.62. The molecule has 3 rings (SSSR count). The Labute approximate surface area is 126 Å². The van der Waals surface area contributed by atoms with Crippen LogP contribution in [0, 0.1) is 0 Å². The first-order valence-corrected chi connectivity index (χ1v) is 6.38. The molecular formula is C15H8F6N2. The summed E-state index contributed by atoms with van der Waals surface area (Å²) in [6.07, 6.45) is -5.15. The molecule has 0 aliphatic rings. The van der Waals surface area contributed by atoms with Gasteiger partial charge in [0.25, 0.3) is 0 Å². The molecule has 23 heavy (non-hydrogen) atoms. The highest BCUT2D eigenvalue weighted by Crippen LogP contribution is 2.36. The van der Waals surface area contributed by atoms with Crippen molar-refractivity contribution in [2.75, 3.05) is 0 Å². The van der Waals surface area contributed by atoms with Crippen LogP contribution in [0.15, 0.2) is 48.9 Å².